The molecule has 2 nitrogen and oxygen atoms in total. The van der Waals surface area contributed by atoms with Crippen molar-refractivity contribution in [1.29, 1.82) is 0 Å². The Morgan fingerprint density at radius 3 is 2.56 bits per heavy atom. The van der Waals surface area contributed by atoms with E-state index in [0.29, 0.717) is 0 Å². The fourth-order valence-electron chi connectivity index (χ4n) is 2.44. The number of hydrogen-bond acceptors (Lipinski definition) is 2. The monoisotopic (exact) mass is 238 g/mol. The van der Waals surface area contributed by atoms with Crippen LogP contribution in [0.25, 0.3) is 0 Å². The largest absolute Gasteiger partial charge is 0.401 e. The van der Waals surface area contributed by atoms with Crippen molar-refractivity contribution in [2.24, 2.45) is 0 Å². The number of rotatable bonds is 5. The highest BCUT2D eigenvalue weighted by molar-refractivity contribution is 4.89. The summed E-state index contributed by atoms with van der Waals surface area (Å²) in [6, 6.07) is 0.264. The van der Waals surface area contributed by atoms with Crippen LogP contribution in [0, 0.1) is 0 Å². The zero-order valence-corrected chi connectivity index (χ0v) is 9.98. The Morgan fingerprint density at radius 2 is 2.00 bits per heavy atom. The molecule has 0 aromatic heterocycles. The molecule has 0 amide bonds. The maximum Gasteiger partial charge on any atom is 0.401 e. The lowest BCUT2D eigenvalue weighted by molar-refractivity contribution is -0.147. The van der Waals surface area contributed by atoms with Gasteiger partial charge in [-0.2, -0.15) is 13.2 Å². The third kappa shape index (κ3) is 4.29. The fraction of sp³-hybridized carbons (Fsp3) is 1.00. The molecule has 1 aliphatic rings. The Bertz CT molecular complexity index is 206. The fourth-order valence-corrected chi connectivity index (χ4v) is 2.44. The molecule has 1 aliphatic carbocycles. The molecule has 2 atom stereocenters. The van der Waals surface area contributed by atoms with Crippen LogP contribution in [0.3, 0.4) is 0 Å². The lowest BCUT2D eigenvalue weighted by atomic mass is 10.1. The second-order valence-electron chi connectivity index (χ2n) is 4.59. The molecule has 0 radical (unpaired) electrons. The van der Waals surface area contributed by atoms with E-state index in [9.17, 15) is 13.2 Å². The van der Waals surface area contributed by atoms with Crippen molar-refractivity contribution < 1.29 is 13.2 Å². The van der Waals surface area contributed by atoms with Crippen molar-refractivity contribution in [3.63, 3.8) is 0 Å². The first kappa shape index (κ1) is 13.8. The van der Waals surface area contributed by atoms with Crippen LogP contribution in [-0.4, -0.2) is 43.3 Å². The number of nitrogens with zero attached hydrogens (tertiary/aromatic N) is 1. The van der Waals surface area contributed by atoms with Crippen molar-refractivity contribution in [3.05, 3.63) is 0 Å². The second-order valence-corrected chi connectivity index (χ2v) is 4.59. The lowest BCUT2D eigenvalue weighted by Gasteiger charge is -2.30. The van der Waals surface area contributed by atoms with Crippen LogP contribution in [0.15, 0.2) is 0 Å². The number of alkyl halides is 3. The predicted octanol–water partition coefficient (Wildman–Crippen LogP) is 2.40. The molecule has 0 aliphatic heterocycles. The minimum atomic E-state index is -4.09. The lowest BCUT2D eigenvalue weighted by Crippen LogP contribution is -2.48. The molecule has 1 N–H and O–H groups in total. The highest BCUT2D eigenvalue weighted by atomic mass is 19.4. The summed E-state index contributed by atoms with van der Waals surface area (Å²) in [5, 5.41) is 3.34. The molecule has 0 aromatic carbocycles. The van der Waals surface area contributed by atoms with Crippen LogP contribution < -0.4 is 5.32 Å². The van der Waals surface area contributed by atoms with E-state index in [-0.39, 0.29) is 12.1 Å². The summed E-state index contributed by atoms with van der Waals surface area (Å²) in [5.41, 5.74) is 0. The topological polar surface area (TPSA) is 15.3 Å². The van der Waals surface area contributed by atoms with Gasteiger partial charge in [-0.1, -0.05) is 13.3 Å². The van der Waals surface area contributed by atoms with Crippen LogP contribution in [0.2, 0.25) is 0 Å². The van der Waals surface area contributed by atoms with Gasteiger partial charge in [0.15, 0.2) is 0 Å². The SMILES string of the molecule is CCCNC1CCCC1N(C)CC(F)(F)F. The van der Waals surface area contributed by atoms with Gasteiger partial charge < -0.3 is 5.32 Å². The van der Waals surface area contributed by atoms with Gasteiger partial charge in [0.1, 0.15) is 0 Å². The zero-order chi connectivity index (χ0) is 12.2. The third-order valence-corrected chi connectivity index (χ3v) is 3.13. The summed E-state index contributed by atoms with van der Waals surface area (Å²) in [7, 11) is 1.57. The van der Waals surface area contributed by atoms with Gasteiger partial charge in [-0.25, -0.2) is 0 Å². The molecule has 0 bridgehead atoms. The van der Waals surface area contributed by atoms with Gasteiger partial charge in [0.05, 0.1) is 6.54 Å². The highest BCUT2D eigenvalue weighted by Crippen LogP contribution is 2.26. The average molecular weight is 238 g/mol. The number of likely N-dealkylation sites (N-methyl/N-ethyl adjacent to an activating group) is 1. The molecular weight excluding hydrogens is 217 g/mol. The standard InChI is InChI=1S/C11H21F3N2/c1-3-7-15-9-5-4-6-10(9)16(2)8-11(12,13)14/h9-10,15H,3-8H2,1-2H3. The summed E-state index contributed by atoms with van der Waals surface area (Å²) in [6.07, 6.45) is -0.187. The van der Waals surface area contributed by atoms with E-state index in [4.69, 9.17) is 0 Å². The van der Waals surface area contributed by atoms with Crippen molar-refractivity contribution in [1.82, 2.24) is 10.2 Å². The molecule has 1 saturated carbocycles. The normalized spacial score (nSPS) is 26.6. The molecule has 1 fully saturated rings. The maximum atomic E-state index is 12.3. The van der Waals surface area contributed by atoms with Crippen molar-refractivity contribution in [2.45, 2.75) is 50.9 Å². The number of halogens is 3. The van der Waals surface area contributed by atoms with Gasteiger partial charge in [0.25, 0.3) is 0 Å². The first-order valence-corrected chi connectivity index (χ1v) is 5.94. The Hall–Kier alpha value is -0.290. The van der Waals surface area contributed by atoms with Gasteiger partial charge in [-0.15, -0.1) is 0 Å². The van der Waals surface area contributed by atoms with Gasteiger partial charge in [-0.3, -0.25) is 4.90 Å². The summed E-state index contributed by atoms with van der Waals surface area (Å²) in [5.74, 6) is 0. The van der Waals surface area contributed by atoms with Gasteiger partial charge in [-0.05, 0) is 32.9 Å². The van der Waals surface area contributed by atoms with E-state index in [1.165, 1.54) is 4.90 Å². The molecule has 2 unspecified atom stereocenters. The zero-order valence-electron chi connectivity index (χ0n) is 9.98. The molecule has 5 heteroatoms. The Balaban J connectivity index is 2.44. The molecule has 16 heavy (non-hydrogen) atoms. The Morgan fingerprint density at radius 1 is 1.31 bits per heavy atom. The Kier molecular flexibility index (Phi) is 5.05. The number of hydrogen-bond donors (Lipinski definition) is 1. The van der Waals surface area contributed by atoms with Crippen molar-refractivity contribution >= 4 is 0 Å². The first-order valence-electron chi connectivity index (χ1n) is 5.94. The molecule has 1 rings (SSSR count). The summed E-state index contributed by atoms with van der Waals surface area (Å²) >= 11 is 0. The molecular formula is C11H21F3N2. The smallest absolute Gasteiger partial charge is 0.312 e. The second kappa shape index (κ2) is 5.87. The van der Waals surface area contributed by atoms with Crippen molar-refractivity contribution in [3.8, 4) is 0 Å². The van der Waals surface area contributed by atoms with E-state index < -0.39 is 12.7 Å². The van der Waals surface area contributed by atoms with Crippen LogP contribution in [0.5, 0.6) is 0 Å². The average Bonchev–Trinajstić information content (AvgIpc) is 2.59. The predicted molar refractivity (Wildman–Crippen MR) is 58.4 cm³/mol. The molecule has 0 spiro atoms. The van der Waals surface area contributed by atoms with Crippen molar-refractivity contribution in [2.75, 3.05) is 20.1 Å². The van der Waals surface area contributed by atoms with Crippen LogP contribution >= 0.6 is 0 Å². The number of nitrogens with one attached hydrogen (secondary N) is 1. The Labute approximate surface area is 95.2 Å². The van der Waals surface area contributed by atoms with E-state index in [2.05, 4.69) is 12.2 Å². The quantitative estimate of drug-likeness (QED) is 0.791. The molecule has 0 heterocycles. The van der Waals surface area contributed by atoms with Gasteiger partial charge in [0.2, 0.25) is 0 Å². The van der Waals surface area contributed by atoms with E-state index in [1.807, 2.05) is 0 Å². The van der Waals surface area contributed by atoms with Gasteiger partial charge in [0, 0.05) is 12.1 Å². The maximum absolute atomic E-state index is 12.3. The highest BCUT2D eigenvalue weighted by Gasteiger charge is 2.36. The molecule has 96 valence electrons. The van der Waals surface area contributed by atoms with Crippen LogP contribution in [-0.2, 0) is 0 Å². The van der Waals surface area contributed by atoms with Crippen LogP contribution in [0.1, 0.15) is 32.6 Å². The summed E-state index contributed by atoms with van der Waals surface area (Å²) < 4.78 is 36.8. The minimum absolute atomic E-state index is 0.0353. The van der Waals surface area contributed by atoms with Crippen LogP contribution in [0.4, 0.5) is 13.2 Å². The first-order chi connectivity index (χ1) is 7.44. The van der Waals surface area contributed by atoms with E-state index in [1.54, 1.807) is 7.05 Å². The third-order valence-electron chi connectivity index (χ3n) is 3.13. The summed E-state index contributed by atoms with van der Waals surface area (Å²) in [6.45, 7) is 2.15. The van der Waals surface area contributed by atoms with E-state index in [0.717, 1.165) is 32.2 Å². The molecule has 0 saturated heterocycles. The van der Waals surface area contributed by atoms with Gasteiger partial charge >= 0.3 is 6.18 Å². The van der Waals surface area contributed by atoms with E-state index >= 15 is 0 Å². The molecule has 0 aromatic rings. The minimum Gasteiger partial charge on any atom is -0.312 e. The summed E-state index contributed by atoms with van der Waals surface area (Å²) in [4.78, 5) is 1.44.